The van der Waals surface area contributed by atoms with Crippen molar-refractivity contribution < 1.29 is 14.3 Å². The normalized spacial score (nSPS) is 20.5. The lowest BCUT2D eigenvalue weighted by molar-refractivity contribution is -0.118. The summed E-state index contributed by atoms with van der Waals surface area (Å²) in [5.74, 6) is -0.461. The molecule has 3 rings (SSSR count). The van der Waals surface area contributed by atoms with Gasteiger partial charge in [-0.1, -0.05) is 24.4 Å². The highest BCUT2D eigenvalue weighted by Gasteiger charge is 2.46. The number of fused-ring (bicyclic) bond motifs is 3. The average molecular weight is 288 g/mol. The van der Waals surface area contributed by atoms with E-state index in [4.69, 9.17) is 17.0 Å². The van der Waals surface area contributed by atoms with E-state index in [-0.39, 0.29) is 17.4 Å². The fourth-order valence-electron chi connectivity index (χ4n) is 2.61. The summed E-state index contributed by atoms with van der Waals surface area (Å²) in [7, 11) is 1.39. The maximum atomic E-state index is 12.5. The molecule has 6 heteroatoms. The van der Waals surface area contributed by atoms with Gasteiger partial charge >= 0.3 is 0 Å². The van der Waals surface area contributed by atoms with Gasteiger partial charge in [-0.2, -0.15) is 0 Å². The van der Waals surface area contributed by atoms with E-state index >= 15 is 0 Å². The molecular weight excluding hydrogens is 276 g/mol. The van der Waals surface area contributed by atoms with Crippen molar-refractivity contribution in [1.82, 2.24) is 5.32 Å². The van der Waals surface area contributed by atoms with Crippen LogP contribution in [0.2, 0.25) is 0 Å². The first-order chi connectivity index (χ1) is 9.56. The molecule has 1 N–H and O–H groups in total. The Balaban J connectivity index is 2.20. The predicted octanol–water partition coefficient (Wildman–Crippen LogP) is 1.13. The number of thiocarbonyl (C=S) groups is 1. The van der Waals surface area contributed by atoms with Crippen LogP contribution in [-0.4, -0.2) is 30.0 Å². The van der Waals surface area contributed by atoms with Crippen molar-refractivity contribution in [3.8, 4) is 0 Å². The van der Waals surface area contributed by atoms with Crippen molar-refractivity contribution in [2.24, 2.45) is 0 Å². The summed E-state index contributed by atoms with van der Waals surface area (Å²) in [6, 6.07) is 7.33. The summed E-state index contributed by atoms with van der Waals surface area (Å²) in [6.45, 7) is 1.41. The highest BCUT2D eigenvalue weighted by Crippen LogP contribution is 2.36. The number of ketones is 1. The average Bonchev–Trinajstić information content (AvgIpc) is 2.71. The van der Waals surface area contributed by atoms with Crippen molar-refractivity contribution in [3.05, 3.63) is 41.2 Å². The highest BCUT2D eigenvalue weighted by molar-refractivity contribution is 7.80. The van der Waals surface area contributed by atoms with E-state index < -0.39 is 6.17 Å². The third-order valence-electron chi connectivity index (χ3n) is 3.45. The molecule has 0 aromatic heterocycles. The second-order valence-corrected chi connectivity index (χ2v) is 4.98. The molecule has 2 heterocycles. The van der Waals surface area contributed by atoms with Crippen LogP contribution in [0.4, 0.5) is 5.69 Å². The fourth-order valence-corrected chi connectivity index (χ4v) is 2.89. The molecule has 1 aromatic carbocycles. The minimum absolute atomic E-state index is 0.0782. The summed E-state index contributed by atoms with van der Waals surface area (Å²) in [4.78, 5) is 26.3. The number of amides is 1. The lowest BCUT2D eigenvalue weighted by Gasteiger charge is -2.34. The lowest BCUT2D eigenvalue weighted by Crippen LogP contribution is -2.52. The first-order valence-corrected chi connectivity index (χ1v) is 6.49. The molecular formula is C14H12N2O3S. The number of Topliss-reactive ketones (excluding diaryl/α,β-unsaturated/α-hetero) is 1. The number of benzene rings is 1. The van der Waals surface area contributed by atoms with Crippen LogP contribution in [0.25, 0.3) is 0 Å². The van der Waals surface area contributed by atoms with Crippen molar-refractivity contribution in [2.75, 3.05) is 12.0 Å². The zero-order valence-electron chi connectivity index (χ0n) is 11.0. The minimum atomic E-state index is -0.586. The molecule has 0 radical (unpaired) electrons. The minimum Gasteiger partial charge on any atom is -0.491 e. The standard InChI is InChI=1S/C14H12N2O3S/c1-7(17)10-11(19-2)14(18)16-9-6-4-3-5-8(9)13(20)15-12(10)16/h3-6,12H,1-2H3,(H,15,20). The van der Waals surface area contributed by atoms with E-state index in [2.05, 4.69) is 5.32 Å². The number of ether oxygens (including phenoxy) is 1. The molecule has 1 atom stereocenters. The van der Waals surface area contributed by atoms with Crippen LogP contribution in [-0.2, 0) is 14.3 Å². The van der Waals surface area contributed by atoms with Crippen molar-refractivity contribution in [3.63, 3.8) is 0 Å². The number of methoxy groups -OCH3 is 1. The van der Waals surface area contributed by atoms with Crippen molar-refractivity contribution >= 4 is 34.6 Å². The molecule has 1 amide bonds. The van der Waals surface area contributed by atoms with Gasteiger partial charge in [-0.15, -0.1) is 0 Å². The summed E-state index contributed by atoms with van der Waals surface area (Å²) in [6.07, 6.45) is -0.586. The number of carbonyl (C=O) groups is 2. The number of rotatable bonds is 2. The first-order valence-electron chi connectivity index (χ1n) is 6.08. The summed E-state index contributed by atoms with van der Waals surface area (Å²) in [5, 5.41) is 3.04. The summed E-state index contributed by atoms with van der Waals surface area (Å²) in [5.41, 5.74) is 1.78. The van der Waals surface area contributed by atoms with Crippen LogP contribution in [0, 0.1) is 0 Å². The van der Waals surface area contributed by atoms with E-state index in [1.807, 2.05) is 24.3 Å². The molecule has 0 saturated carbocycles. The highest BCUT2D eigenvalue weighted by atomic mass is 32.1. The van der Waals surface area contributed by atoms with Gasteiger partial charge in [0.2, 0.25) is 0 Å². The summed E-state index contributed by atoms with van der Waals surface area (Å²) >= 11 is 5.31. The van der Waals surface area contributed by atoms with Crippen LogP contribution in [0.1, 0.15) is 12.5 Å². The van der Waals surface area contributed by atoms with E-state index in [1.54, 1.807) is 0 Å². The van der Waals surface area contributed by atoms with Crippen LogP contribution in [0.15, 0.2) is 35.6 Å². The topological polar surface area (TPSA) is 58.6 Å². The Morgan fingerprint density at radius 2 is 2.10 bits per heavy atom. The molecule has 0 bridgehead atoms. The van der Waals surface area contributed by atoms with Gasteiger partial charge < -0.3 is 10.1 Å². The van der Waals surface area contributed by atoms with Gasteiger partial charge in [-0.3, -0.25) is 14.5 Å². The maximum absolute atomic E-state index is 12.5. The number of hydrogen-bond donors (Lipinski definition) is 1. The molecule has 0 saturated heterocycles. The zero-order valence-corrected chi connectivity index (χ0v) is 11.8. The molecule has 102 valence electrons. The monoisotopic (exact) mass is 288 g/mol. The number of carbonyl (C=O) groups excluding carboxylic acids is 2. The van der Waals surface area contributed by atoms with E-state index in [9.17, 15) is 9.59 Å². The smallest absolute Gasteiger partial charge is 0.295 e. The Labute approximate surface area is 121 Å². The third-order valence-corrected chi connectivity index (χ3v) is 3.79. The Kier molecular flexibility index (Phi) is 2.83. The molecule has 0 spiro atoms. The van der Waals surface area contributed by atoms with Crippen LogP contribution in [0.5, 0.6) is 0 Å². The number of hydrogen-bond acceptors (Lipinski definition) is 4. The third kappa shape index (κ3) is 1.58. The van der Waals surface area contributed by atoms with E-state index in [0.29, 0.717) is 16.2 Å². The Morgan fingerprint density at radius 3 is 2.75 bits per heavy atom. The Morgan fingerprint density at radius 1 is 1.40 bits per heavy atom. The number of para-hydroxylation sites is 1. The largest absolute Gasteiger partial charge is 0.491 e. The maximum Gasteiger partial charge on any atom is 0.295 e. The zero-order chi connectivity index (χ0) is 14.4. The van der Waals surface area contributed by atoms with Gasteiger partial charge in [0.05, 0.1) is 18.4 Å². The predicted molar refractivity (Wildman–Crippen MR) is 77.3 cm³/mol. The second kappa shape index (κ2) is 4.42. The number of anilines is 1. The van der Waals surface area contributed by atoms with Gasteiger partial charge in [0, 0.05) is 5.56 Å². The molecule has 20 heavy (non-hydrogen) atoms. The lowest BCUT2D eigenvalue weighted by atomic mass is 10.1. The Hall–Kier alpha value is -2.21. The van der Waals surface area contributed by atoms with Gasteiger partial charge in [0.15, 0.2) is 11.5 Å². The first kappa shape index (κ1) is 12.8. The summed E-state index contributed by atoms with van der Waals surface area (Å²) < 4.78 is 5.12. The quantitative estimate of drug-likeness (QED) is 0.827. The molecule has 1 unspecified atom stereocenters. The number of nitrogens with one attached hydrogen (secondary N) is 1. The van der Waals surface area contributed by atoms with Gasteiger partial charge in [0.25, 0.3) is 5.91 Å². The molecule has 0 fully saturated rings. The Bertz CT molecular complexity index is 681. The fraction of sp³-hybridized carbons (Fsp3) is 0.214. The van der Waals surface area contributed by atoms with Crippen LogP contribution < -0.4 is 10.2 Å². The molecule has 2 aliphatic heterocycles. The second-order valence-electron chi connectivity index (χ2n) is 4.57. The van der Waals surface area contributed by atoms with E-state index in [1.165, 1.54) is 18.9 Å². The molecule has 2 aliphatic rings. The van der Waals surface area contributed by atoms with Crippen molar-refractivity contribution in [2.45, 2.75) is 13.1 Å². The number of nitrogens with zero attached hydrogens (tertiary/aromatic N) is 1. The van der Waals surface area contributed by atoms with Gasteiger partial charge in [-0.25, -0.2) is 0 Å². The van der Waals surface area contributed by atoms with Crippen molar-refractivity contribution in [1.29, 1.82) is 0 Å². The van der Waals surface area contributed by atoms with Gasteiger partial charge in [-0.05, 0) is 19.1 Å². The SMILES string of the molecule is COC1=C(C(C)=O)C2NC(=S)c3ccccc3N2C1=O. The molecule has 0 aliphatic carbocycles. The molecule has 5 nitrogen and oxygen atoms in total. The van der Waals surface area contributed by atoms with Gasteiger partial charge in [0.1, 0.15) is 11.2 Å². The van der Waals surface area contributed by atoms with Crippen LogP contribution in [0.3, 0.4) is 0 Å². The van der Waals surface area contributed by atoms with Crippen LogP contribution >= 0.6 is 12.2 Å². The molecule has 1 aromatic rings. The van der Waals surface area contributed by atoms with E-state index in [0.717, 1.165) is 5.56 Å².